The molecule has 0 saturated heterocycles. The zero-order valence-corrected chi connectivity index (χ0v) is 9.72. The molecular formula is C7H15O5Sb. The van der Waals surface area contributed by atoms with Crippen LogP contribution in [0.3, 0.4) is 0 Å². The molecule has 0 fully saturated rings. The van der Waals surface area contributed by atoms with E-state index in [1.165, 1.54) is 29.0 Å². The molecule has 8 N–H and O–H groups in total. The summed E-state index contributed by atoms with van der Waals surface area (Å²) in [5, 5.41) is 0. The first-order valence-electron chi connectivity index (χ1n) is 2.71. The molecule has 0 heterocycles. The molecule has 1 aromatic rings. The van der Waals surface area contributed by atoms with Gasteiger partial charge in [-0.1, -0.05) is 0 Å². The Morgan fingerprint density at radius 3 is 1.62 bits per heavy atom. The summed E-state index contributed by atoms with van der Waals surface area (Å²) in [6, 6.07) is 8.00. The molecule has 0 aromatic heterocycles. The maximum absolute atomic E-state index is 5.02. The third-order valence-electron chi connectivity index (χ3n) is 1.13. The number of hydrogen-bond acceptors (Lipinski definition) is 1. The minimum absolute atomic E-state index is 0. The van der Waals surface area contributed by atoms with Crippen LogP contribution in [-0.2, 0) is 0 Å². The van der Waals surface area contributed by atoms with E-state index in [0.717, 1.165) is 5.75 Å². The summed E-state index contributed by atoms with van der Waals surface area (Å²) in [5.41, 5.74) is 1.27. The van der Waals surface area contributed by atoms with Crippen LogP contribution in [0.4, 0.5) is 0 Å². The van der Waals surface area contributed by atoms with Gasteiger partial charge in [-0.2, -0.15) is 0 Å². The number of rotatable bonds is 1. The number of benzene rings is 1. The van der Waals surface area contributed by atoms with Crippen LogP contribution in [0.15, 0.2) is 24.3 Å². The standard InChI is InChI=1S/C7H8O.4H2O.Sb/c1-6-2-4-7(8)5-3-6;;;;;/h2-5,8H,1H3;4*1H2;/q;;;;;+1/p-1. The van der Waals surface area contributed by atoms with Crippen LogP contribution in [-0.4, -0.2) is 45.3 Å². The molecule has 0 aliphatic heterocycles. The van der Waals surface area contributed by atoms with Gasteiger partial charge in [0.15, 0.2) is 0 Å². The van der Waals surface area contributed by atoms with Gasteiger partial charge in [-0.15, -0.1) is 0 Å². The van der Waals surface area contributed by atoms with Crippen molar-refractivity contribution in [2.45, 2.75) is 6.92 Å². The third-order valence-corrected chi connectivity index (χ3v) is 1.73. The summed E-state index contributed by atoms with van der Waals surface area (Å²) in [6.07, 6.45) is 0. The molecule has 0 bridgehead atoms. The first-order valence-corrected chi connectivity index (χ1v) is 3.75. The topological polar surface area (TPSA) is 135 Å². The Morgan fingerprint density at radius 2 is 1.31 bits per heavy atom. The van der Waals surface area contributed by atoms with Gasteiger partial charge in [-0.3, -0.25) is 0 Å². The van der Waals surface area contributed by atoms with E-state index in [2.05, 4.69) is 6.92 Å². The summed E-state index contributed by atoms with van der Waals surface area (Å²) in [4.78, 5) is 0. The molecule has 1 rings (SSSR count). The molecule has 0 saturated carbocycles. The molecule has 0 atom stereocenters. The van der Waals surface area contributed by atoms with Crippen molar-refractivity contribution in [1.29, 1.82) is 0 Å². The Labute approximate surface area is 91.0 Å². The van der Waals surface area contributed by atoms with Gasteiger partial charge in [0, 0.05) is 0 Å². The van der Waals surface area contributed by atoms with Gasteiger partial charge in [0.2, 0.25) is 0 Å². The van der Waals surface area contributed by atoms with Crippen molar-refractivity contribution in [1.82, 2.24) is 0 Å². The Bertz CT molecular complexity index is 189. The van der Waals surface area contributed by atoms with Gasteiger partial charge >= 0.3 is 69.0 Å². The molecule has 0 aliphatic carbocycles. The van der Waals surface area contributed by atoms with Gasteiger partial charge in [-0.25, -0.2) is 0 Å². The molecule has 78 valence electrons. The average molecular weight is 301 g/mol. The maximum atomic E-state index is 5.02. The van der Waals surface area contributed by atoms with Crippen molar-refractivity contribution in [2.24, 2.45) is 0 Å². The molecule has 2 radical (unpaired) electrons. The van der Waals surface area contributed by atoms with Crippen molar-refractivity contribution in [3.63, 3.8) is 0 Å². The fraction of sp³-hybridized carbons (Fsp3) is 0.143. The summed E-state index contributed by atoms with van der Waals surface area (Å²) in [7, 11) is 0. The van der Waals surface area contributed by atoms with Gasteiger partial charge in [0.1, 0.15) is 0 Å². The third kappa shape index (κ3) is 8.02. The molecule has 5 nitrogen and oxygen atoms in total. The molecule has 0 unspecified atom stereocenters. The molecule has 6 heteroatoms. The number of aryl methyl sites for hydroxylation is 1. The average Bonchev–Trinajstić information content (AvgIpc) is 1.90. The van der Waals surface area contributed by atoms with Crippen LogP contribution in [0.1, 0.15) is 5.56 Å². The Morgan fingerprint density at radius 1 is 0.923 bits per heavy atom. The minimum atomic E-state index is 0. The summed E-state index contributed by atoms with van der Waals surface area (Å²) >= 11 is 1.35. The van der Waals surface area contributed by atoms with Crippen molar-refractivity contribution in [2.75, 3.05) is 0 Å². The summed E-state index contributed by atoms with van der Waals surface area (Å²) in [5.74, 6) is 0.939. The van der Waals surface area contributed by atoms with Crippen molar-refractivity contribution in [3.05, 3.63) is 29.8 Å². The second kappa shape index (κ2) is 11.7. The van der Waals surface area contributed by atoms with E-state index in [-0.39, 0.29) is 21.9 Å². The van der Waals surface area contributed by atoms with Crippen LogP contribution in [0.2, 0.25) is 0 Å². The molecule has 0 spiro atoms. The van der Waals surface area contributed by atoms with Crippen molar-refractivity contribution in [3.8, 4) is 5.75 Å². The maximum Gasteiger partial charge on any atom is -0.412 e. The van der Waals surface area contributed by atoms with E-state index in [9.17, 15) is 0 Å². The predicted molar refractivity (Wildman–Crippen MR) is 52.0 cm³/mol. The van der Waals surface area contributed by atoms with Gasteiger partial charge in [0.25, 0.3) is 0 Å². The van der Waals surface area contributed by atoms with E-state index in [1.807, 2.05) is 24.3 Å². The second-order valence-electron chi connectivity index (χ2n) is 1.90. The zero-order chi connectivity index (χ0) is 6.69. The summed E-state index contributed by atoms with van der Waals surface area (Å²) < 4.78 is 5.02. The molecule has 0 aliphatic rings. The van der Waals surface area contributed by atoms with Crippen molar-refractivity contribution >= 4 is 23.4 Å². The summed E-state index contributed by atoms with van der Waals surface area (Å²) in [6.45, 7) is 2.06. The van der Waals surface area contributed by atoms with Gasteiger partial charge in [0.05, 0.1) is 0 Å². The number of hydrogen-bond donors (Lipinski definition) is 0. The first kappa shape index (κ1) is 23.0. The SMILES string of the molecule is Cc1ccc([O][Sb])cc1.O.O.O.O. The predicted octanol–water partition coefficient (Wildman–Crippen LogP) is -1.84. The van der Waals surface area contributed by atoms with E-state index < -0.39 is 0 Å². The fourth-order valence-corrected chi connectivity index (χ4v) is 0.947. The van der Waals surface area contributed by atoms with Crippen LogP contribution >= 0.6 is 0 Å². The smallest absolute Gasteiger partial charge is 0.412 e. The van der Waals surface area contributed by atoms with Crippen LogP contribution in [0, 0.1) is 6.92 Å². The van der Waals surface area contributed by atoms with E-state index in [4.69, 9.17) is 3.02 Å². The van der Waals surface area contributed by atoms with E-state index >= 15 is 0 Å². The van der Waals surface area contributed by atoms with Gasteiger partial charge in [-0.05, 0) is 0 Å². The van der Waals surface area contributed by atoms with E-state index in [0.29, 0.717) is 0 Å². The zero-order valence-electron chi connectivity index (χ0n) is 7.16. The molecule has 0 amide bonds. The Kier molecular flexibility index (Phi) is 20.6. The fourth-order valence-electron chi connectivity index (χ4n) is 0.599. The van der Waals surface area contributed by atoms with E-state index in [1.54, 1.807) is 0 Å². The Balaban J connectivity index is -0.000000101. The van der Waals surface area contributed by atoms with Gasteiger partial charge < -0.3 is 21.9 Å². The molecular weight excluding hydrogens is 286 g/mol. The largest absolute Gasteiger partial charge is 0.412 e. The molecule has 1 aromatic carbocycles. The monoisotopic (exact) mass is 300 g/mol. The van der Waals surface area contributed by atoms with Crippen LogP contribution < -0.4 is 3.02 Å². The van der Waals surface area contributed by atoms with Crippen molar-refractivity contribution < 1.29 is 24.9 Å². The van der Waals surface area contributed by atoms with Crippen LogP contribution in [0.5, 0.6) is 5.75 Å². The first-order chi connectivity index (χ1) is 4.33. The molecule has 13 heavy (non-hydrogen) atoms. The Hall–Kier alpha value is -0.322. The normalized spacial score (nSPS) is 6.31. The minimum Gasteiger partial charge on any atom is -0.412 e. The quantitative estimate of drug-likeness (QED) is 0.553. The van der Waals surface area contributed by atoms with Crippen LogP contribution in [0.25, 0.3) is 0 Å². The second-order valence-corrected chi connectivity index (χ2v) is 2.43.